The van der Waals surface area contributed by atoms with E-state index in [9.17, 15) is 0 Å². The summed E-state index contributed by atoms with van der Waals surface area (Å²) in [5, 5.41) is 3.28. The molecule has 1 aromatic carbocycles. The van der Waals surface area contributed by atoms with E-state index in [1.807, 2.05) is 12.1 Å². The number of rotatable bonds is 10. The zero-order valence-corrected chi connectivity index (χ0v) is 13.2. The lowest BCUT2D eigenvalue weighted by atomic mass is 10.1. The molecule has 0 amide bonds. The SMILES string of the molecule is CCCCCCCCCOc1ccc(C2=NCCN2)cc1. The smallest absolute Gasteiger partial charge is 0.128 e. The Morgan fingerprint density at radius 1 is 1.00 bits per heavy atom. The number of benzene rings is 1. The molecule has 0 saturated heterocycles. The molecule has 1 aliphatic rings. The Bertz CT molecular complexity index is 425. The summed E-state index contributed by atoms with van der Waals surface area (Å²) in [7, 11) is 0. The molecular formula is C18H28N2O. The fourth-order valence-corrected chi connectivity index (χ4v) is 2.55. The van der Waals surface area contributed by atoms with E-state index >= 15 is 0 Å². The maximum atomic E-state index is 5.79. The van der Waals surface area contributed by atoms with Crippen molar-refractivity contribution in [1.82, 2.24) is 5.32 Å². The second-order valence-electron chi connectivity index (χ2n) is 5.65. The lowest BCUT2D eigenvalue weighted by Crippen LogP contribution is -2.19. The summed E-state index contributed by atoms with van der Waals surface area (Å²) in [5.74, 6) is 1.97. The van der Waals surface area contributed by atoms with Crippen LogP contribution in [0.4, 0.5) is 0 Å². The first-order valence-electron chi connectivity index (χ1n) is 8.41. The van der Waals surface area contributed by atoms with Crippen LogP contribution in [0.5, 0.6) is 5.75 Å². The van der Waals surface area contributed by atoms with Gasteiger partial charge in [0.05, 0.1) is 13.2 Å². The highest BCUT2D eigenvalue weighted by Gasteiger charge is 2.07. The first kappa shape index (κ1) is 15.9. The van der Waals surface area contributed by atoms with Gasteiger partial charge in [-0.3, -0.25) is 4.99 Å². The number of unbranched alkanes of at least 4 members (excludes halogenated alkanes) is 6. The summed E-state index contributed by atoms with van der Waals surface area (Å²) in [6.07, 6.45) is 9.23. The highest BCUT2D eigenvalue weighted by Crippen LogP contribution is 2.14. The van der Waals surface area contributed by atoms with E-state index < -0.39 is 0 Å². The van der Waals surface area contributed by atoms with Gasteiger partial charge < -0.3 is 10.1 Å². The van der Waals surface area contributed by atoms with Crippen LogP contribution in [-0.4, -0.2) is 25.5 Å². The number of hydrogen-bond acceptors (Lipinski definition) is 3. The highest BCUT2D eigenvalue weighted by molar-refractivity contribution is 5.99. The van der Waals surface area contributed by atoms with Gasteiger partial charge in [0, 0.05) is 12.1 Å². The first-order chi connectivity index (χ1) is 10.4. The van der Waals surface area contributed by atoms with Gasteiger partial charge in [-0.25, -0.2) is 0 Å². The molecule has 0 aromatic heterocycles. The molecule has 0 bridgehead atoms. The van der Waals surface area contributed by atoms with E-state index in [0.717, 1.165) is 43.3 Å². The molecule has 21 heavy (non-hydrogen) atoms. The molecule has 1 aromatic rings. The summed E-state index contributed by atoms with van der Waals surface area (Å²) < 4.78 is 5.79. The third kappa shape index (κ3) is 5.78. The van der Waals surface area contributed by atoms with Crippen molar-refractivity contribution < 1.29 is 4.74 Å². The van der Waals surface area contributed by atoms with Crippen molar-refractivity contribution in [2.45, 2.75) is 51.9 Å². The number of ether oxygens (including phenoxy) is 1. The molecule has 1 aliphatic heterocycles. The van der Waals surface area contributed by atoms with Gasteiger partial charge >= 0.3 is 0 Å². The van der Waals surface area contributed by atoms with Crippen molar-refractivity contribution >= 4 is 5.84 Å². The monoisotopic (exact) mass is 288 g/mol. The van der Waals surface area contributed by atoms with E-state index in [0.29, 0.717) is 0 Å². The minimum atomic E-state index is 0.826. The summed E-state index contributed by atoms with van der Waals surface area (Å²) in [6.45, 7) is 4.92. The molecule has 0 spiro atoms. The van der Waals surface area contributed by atoms with Crippen molar-refractivity contribution in [1.29, 1.82) is 0 Å². The van der Waals surface area contributed by atoms with Gasteiger partial charge in [0.25, 0.3) is 0 Å². The number of hydrogen-bond donors (Lipinski definition) is 1. The quantitative estimate of drug-likeness (QED) is 0.656. The van der Waals surface area contributed by atoms with Crippen LogP contribution in [-0.2, 0) is 0 Å². The Morgan fingerprint density at radius 2 is 1.71 bits per heavy atom. The van der Waals surface area contributed by atoms with E-state index in [2.05, 4.69) is 29.4 Å². The zero-order valence-electron chi connectivity index (χ0n) is 13.2. The molecule has 0 aliphatic carbocycles. The molecule has 116 valence electrons. The number of aliphatic imine (C=N–C) groups is 1. The predicted molar refractivity (Wildman–Crippen MR) is 89.3 cm³/mol. The van der Waals surface area contributed by atoms with Crippen LogP contribution < -0.4 is 10.1 Å². The molecule has 0 radical (unpaired) electrons. The number of nitrogens with zero attached hydrogens (tertiary/aromatic N) is 1. The second kappa shape index (κ2) is 9.43. The van der Waals surface area contributed by atoms with Gasteiger partial charge in [-0.1, -0.05) is 45.4 Å². The Morgan fingerprint density at radius 3 is 2.38 bits per heavy atom. The van der Waals surface area contributed by atoms with E-state index in [1.165, 1.54) is 38.5 Å². The summed E-state index contributed by atoms with van der Waals surface area (Å²) in [6, 6.07) is 8.24. The Kier molecular flexibility index (Phi) is 7.13. The molecule has 0 atom stereocenters. The van der Waals surface area contributed by atoms with Crippen molar-refractivity contribution in [2.75, 3.05) is 19.7 Å². The molecule has 1 N–H and O–H groups in total. The van der Waals surface area contributed by atoms with Crippen LogP contribution in [0.2, 0.25) is 0 Å². The van der Waals surface area contributed by atoms with Gasteiger partial charge in [0.2, 0.25) is 0 Å². The Balaban J connectivity index is 1.58. The molecule has 1 heterocycles. The maximum absolute atomic E-state index is 5.79. The van der Waals surface area contributed by atoms with Gasteiger partial charge in [0.1, 0.15) is 11.6 Å². The van der Waals surface area contributed by atoms with Crippen molar-refractivity contribution in [3.05, 3.63) is 29.8 Å². The fourth-order valence-electron chi connectivity index (χ4n) is 2.55. The standard InChI is InChI=1S/C18H28N2O/c1-2-3-4-5-6-7-8-15-21-17-11-9-16(10-12-17)18-19-13-14-20-18/h9-12H,2-8,13-15H2,1H3,(H,19,20). The minimum absolute atomic E-state index is 0.826. The Hall–Kier alpha value is -1.51. The molecule has 2 rings (SSSR count). The lowest BCUT2D eigenvalue weighted by molar-refractivity contribution is 0.304. The largest absolute Gasteiger partial charge is 0.494 e. The van der Waals surface area contributed by atoms with Crippen LogP contribution in [0.1, 0.15) is 57.4 Å². The molecule has 0 unspecified atom stereocenters. The number of amidine groups is 1. The third-order valence-corrected chi connectivity index (χ3v) is 3.82. The topological polar surface area (TPSA) is 33.6 Å². The van der Waals surface area contributed by atoms with Gasteiger partial charge in [-0.05, 0) is 30.7 Å². The summed E-state index contributed by atoms with van der Waals surface area (Å²) in [4.78, 5) is 4.42. The van der Waals surface area contributed by atoms with Gasteiger partial charge in [-0.15, -0.1) is 0 Å². The zero-order chi connectivity index (χ0) is 14.8. The molecule has 3 nitrogen and oxygen atoms in total. The molecule has 3 heteroatoms. The van der Waals surface area contributed by atoms with E-state index in [4.69, 9.17) is 4.74 Å². The average Bonchev–Trinajstić information content (AvgIpc) is 3.05. The number of nitrogens with one attached hydrogen (secondary N) is 1. The van der Waals surface area contributed by atoms with Crippen LogP contribution in [0.25, 0.3) is 0 Å². The fraction of sp³-hybridized carbons (Fsp3) is 0.611. The van der Waals surface area contributed by atoms with Crippen molar-refractivity contribution in [3.8, 4) is 5.75 Å². The molecule has 0 saturated carbocycles. The van der Waals surface area contributed by atoms with Crippen molar-refractivity contribution in [2.24, 2.45) is 4.99 Å². The van der Waals surface area contributed by atoms with Gasteiger partial charge in [-0.2, -0.15) is 0 Å². The minimum Gasteiger partial charge on any atom is -0.494 e. The summed E-state index contributed by atoms with van der Waals surface area (Å²) >= 11 is 0. The second-order valence-corrected chi connectivity index (χ2v) is 5.65. The van der Waals surface area contributed by atoms with Crippen LogP contribution in [0, 0.1) is 0 Å². The van der Waals surface area contributed by atoms with Crippen LogP contribution >= 0.6 is 0 Å². The third-order valence-electron chi connectivity index (χ3n) is 3.82. The predicted octanol–water partition coefficient (Wildman–Crippen LogP) is 4.17. The lowest BCUT2D eigenvalue weighted by Gasteiger charge is -2.07. The van der Waals surface area contributed by atoms with E-state index in [-0.39, 0.29) is 0 Å². The van der Waals surface area contributed by atoms with Crippen LogP contribution in [0.3, 0.4) is 0 Å². The average molecular weight is 288 g/mol. The van der Waals surface area contributed by atoms with Crippen LogP contribution in [0.15, 0.2) is 29.3 Å². The van der Waals surface area contributed by atoms with Gasteiger partial charge in [0.15, 0.2) is 0 Å². The van der Waals surface area contributed by atoms with E-state index in [1.54, 1.807) is 0 Å². The Labute approximate surface area is 128 Å². The first-order valence-corrected chi connectivity index (χ1v) is 8.41. The molecular weight excluding hydrogens is 260 g/mol. The normalized spacial score (nSPS) is 13.9. The molecule has 0 fully saturated rings. The summed E-state index contributed by atoms with van der Waals surface area (Å²) in [5.41, 5.74) is 1.15. The highest BCUT2D eigenvalue weighted by atomic mass is 16.5. The maximum Gasteiger partial charge on any atom is 0.128 e. The van der Waals surface area contributed by atoms with Crippen molar-refractivity contribution in [3.63, 3.8) is 0 Å².